The summed E-state index contributed by atoms with van der Waals surface area (Å²) in [5.41, 5.74) is 1.79. The number of amides is 1. The topological polar surface area (TPSA) is 44.8 Å². The van der Waals surface area contributed by atoms with Gasteiger partial charge < -0.3 is 19.9 Å². The monoisotopic (exact) mass is 315 g/mol. The molecule has 0 unspecified atom stereocenters. The first kappa shape index (κ1) is 15.9. The van der Waals surface area contributed by atoms with E-state index in [1.807, 2.05) is 29.2 Å². The fraction of sp³-hybridized carbons (Fsp3) is 0.500. The normalized spacial score (nSPS) is 21.8. The van der Waals surface area contributed by atoms with Crippen LogP contribution < -0.4 is 5.32 Å². The molecule has 1 fully saturated rings. The summed E-state index contributed by atoms with van der Waals surface area (Å²) in [7, 11) is 2.09. The Morgan fingerprint density at radius 1 is 1.22 bits per heavy atom. The number of nitrogens with zero attached hydrogens (tertiary/aromatic N) is 2. The van der Waals surface area contributed by atoms with Crippen LogP contribution in [0.4, 0.5) is 5.69 Å². The maximum absolute atomic E-state index is 12.5. The molecule has 2 aliphatic heterocycles. The lowest BCUT2D eigenvalue weighted by Crippen LogP contribution is -2.47. The zero-order chi connectivity index (χ0) is 16.1. The van der Waals surface area contributed by atoms with Gasteiger partial charge in [-0.2, -0.15) is 0 Å². The largest absolute Gasteiger partial charge is 0.497 e. The molecule has 1 saturated heterocycles. The van der Waals surface area contributed by atoms with Crippen LogP contribution in [0.3, 0.4) is 0 Å². The third-order valence-corrected chi connectivity index (χ3v) is 4.48. The van der Waals surface area contributed by atoms with E-state index < -0.39 is 0 Å². The molecule has 1 aromatic carbocycles. The quantitative estimate of drug-likeness (QED) is 0.925. The Labute approximate surface area is 137 Å². The SMILES string of the molecule is CN1CCN(C(=O)c2ccc(NC[C@@H]3CCC=CO3)cc2)CC1. The highest BCUT2D eigenvalue weighted by atomic mass is 16.5. The highest BCUT2D eigenvalue weighted by molar-refractivity contribution is 5.94. The Hall–Kier alpha value is -2.01. The molecule has 1 N–H and O–H groups in total. The number of anilines is 1. The van der Waals surface area contributed by atoms with Gasteiger partial charge >= 0.3 is 0 Å². The minimum Gasteiger partial charge on any atom is -0.497 e. The van der Waals surface area contributed by atoms with E-state index in [-0.39, 0.29) is 12.0 Å². The van der Waals surface area contributed by atoms with Crippen molar-refractivity contribution in [1.29, 1.82) is 0 Å². The molecule has 0 bridgehead atoms. The number of piperazine rings is 1. The van der Waals surface area contributed by atoms with E-state index in [1.54, 1.807) is 6.26 Å². The molecule has 2 aliphatic rings. The molecule has 1 atom stereocenters. The van der Waals surface area contributed by atoms with Crippen LogP contribution in [0.5, 0.6) is 0 Å². The van der Waals surface area contributed by atoms with Crippen molar-refractivity contribution in [1.82, 2.24) is 9.80 Å². The standard InChI is InChI=1S/C18H25N3O2/c1-20-9-11-21(12-10-20)18(22)15-5-7-16(8-6-15)19-14-17-4-2-3-13-23-17/h3,5-8,13,17,19H,2,4,9-12,14H2,1H3/t17-/m0/s1. The molecule has 0 spiro atoms. The van der Waals surface area contributed by atoms with Crippen molar-refractivity contribution in [2.45, 2.75) is 18.9 Å². The van der Waals surface area contributed by atoms with Gasteiger partial charge in [-0.1, -0.05) is 0 Å². The number of carbonyl (C=O) groups excluding carboxylic acids is 1. The van der Waals surface area contributed by atoms with Crippen LogP contribution in [0.1, 0.15) is 23.2 Å². The van der Waals surface area contributed by atoms with Gasteiger partial charge in [0.15, 0.2) is 0 Å². The average Bonchev–Trinajstić information content (AvgIpc) is 2.61. The Kier molecular flexibility index (Phi) is 5.18. The number of hydrogen-bond acceptors (Lipinski definition) is 4. The predicted octanol–water partition coefficient (Wildman–Crippen LogP) is 2.18. The second-order valence-corrected chi connectivity index (χ2v) is 6.26. The second kappa shape index (κ2) is 7.51. The second-order valence-electron chi connectivity index (χ2n) is 6.26. The number of benzene rings is 1. The van der Waals surface area contributed by atoms with E-state index >= 15 is 0 Å². The summed E-state index contributed by atoms with van der Waals surface area (Å²) in [5.74, 6) is 0.130. The number of allylic oxidation sites excluding steroid dienone is 1. The number of carbonyl (C=O) groups is 1. The van der Waals surface area contributed by atoms with Gasteiger partial charge in [-0.25, -0.2) is 0 Å². The number of ether oxygens (including phenoxy) is 1. The third-order valence-electron chi connectivity index (χ3n) is 4.48. The summed E-state index contributed by atoms with van der Waals surface area (Å²) in [6, 6.07) is 7.76. The van der Waals surface area contributed by atoms with Crippen LogP contribution in [-0.4, -0.2) is 61.6 Å². The maximum Gasteiger partial charge on any atom is 0.253 e. The molecule has 0 aliphatic carbocycles. The first-order chi connectivity index (χ1) is 11.2. The van der Waals surface area contributed by atoms with Crippen LogP contribution in [0.2, 0.25) is 0 Å². The van der Waals surface area contributed by atoms with E-state index in [0.29, 0.717) is 0 Å². The molecule has 2 heterocycles. The molecule has 3 rings (SSSR count). The van der Waals surface area contributed by atoms with Crippen molar-refractivity contribution >= 4 is 11.6 Å². The summed E-state index contributed by atoms with van der Waals surface area (Å²) in [6.07, 6.45) is 6.18. The molecule has 0 aromatic heterocycles. The van der Waals surface area contributed by atoms with Crippen molar-refractivity contribution in [2.24, 2.45) is 0 Å². The fourth-order valence-corrected chi connectivity index (χ4v) is 2.89. The van der Waals surface area contributed by atoms with Crippen LogP contribution in [0.25, 0.3) is 0 Å². The smallest absolute Gasteiger partial charge is 0.253 e. The van der Waals surface area contributed by atoms with Crippen LogP contribution in [0, 0.1) is 0 Å². The lowest BCUT2D eigenvalue weighted by molar-refractivity contribution is 0.0664. The molecule has 5 nitrogen and oxygen atoms in total. The molecule has 124 valence electrons. The van der Waals surface area contributed by atoms with Gasteiger partial charge in [-0.15, -0.1) is 0 Å². The van der Waals surface area contributed by atoms with Gasteiger partial charge in [0.05, 0.1) is 12.8 Å². The van der Waals surface area contributed by atoms with E-state index in [1.165, 1.54) is 0 Å². The molecular formula is C18H25N3O2. The molecule has 1 amide bonds. The van der Waals surface area contributed by atoms with Gasteiger partial charge in [-0.05, 0) is 50.2 Å². The van der Waals surface area contributed by atoms with Crippen molar-refractivity contribution in [2.75, 3.05) is 45.1 Å². The van der Waals surface area contributed by atoms with E-state index in [9.17, 15) is 4.79 Å². The lowest BCUT2D eigenvalue weighted by atomic mass is 10.1. The van der Waals surface area contributed by atoms with E-state index in [2.05, 4.69) is 23.3 Å². The van der Waals surface area contributed by atoms with Gasteiger partial charge in [0.2, 0.25) is 0 Å². The van der Waals surface area contributed by atoms with Crippen molar-refractivity contribution in [3.05, 3.63) is 42.2 Å². The third kappa shape index (κ3) is 4.26. The summed E-state index contributed by atoms with van der Waals surface area (Å²) in [4.78, 5) is 16.7. The Morgan fingerprint density at radius 2 is 1.96 bits per heavy atom. The van der Waals surface area contributed by atoms with Crippen molar-refractivity contribution < 1.29 is 9.53 Å². The first-order valence-electron chi connectivity index (χ1n) is 8.34. The van der Waals surface area contributed by atoms with Crippen LogP contribution >= 0.6 is 0 Å². The summed E-state index contributed by atoms with van der Waals surface area (Å²) >= 11 is 0. The fourth-order valence-electron chi connectivity index (χ4n) is 2.89. The molecule has 0 saturated carbocycles. The molecule has 23 heavy (non-hydrogen) atoms. The average molecular weight is 315 g/mol. The molecular weight excluding hydrogens is 290 g/mol. The summed E-state index contributed by atoms with van der Waals surface area (Å²) in [6.45, 7) is 4.29. The Morgan fingerprint density at radius 3 is 2.61 bits per heavy atom. The highest BCUT2D eigenvalue weighted by Crippen LogP contribution is 2.15. The van der Waals surface area contributed by atoms with Gasteiger partial charge in [0.1, 0.15) is 6.10 Å². The first-order valence-corrected chi connectivity index (χ1v) is 8.34. The van der Waals surface area contributed by atoms with Crippen LogP contribution in [-0.2, 0) is 4.74 Å². The van der Waals surface area contributed by atoms with Crippen LogP contribution in [0.15, 0.2) is 36.6 Å². The predicted molar refractivity (Wildman–Crippen MR) is 91.6 cm³/mol. The van der Waals surface area contributed by atoms with E-state index in [4.69, 9.17) is 4.74 Å². The Bertz CT molecular complexity index is 548. The maximum atomic E-state index is 12.5. The summed E-state index contributed by atoms with van der Waals surface area (Å²) in [5, 5.41) is 3.38. The van der Waals surface area contributed by atoms with Crippen molar-refractivity contribution in [3.63, 3.8) is 0 Å². The van der Waals surface area contributed by atoms with Crippen molar-refractivity contribution in [3.8, 4) is 0 Å². The Balaban J connectivity index is 1.52. The number of hydrogen-bond donors (Lipinski definition) is 1. The lowest BCUT2D eigenvalue weighted by Gasteiger charge is -2.32. The zero-order valence-corrected chi connectivity index (χ0v) is 13.7. The van der Waals surface area contributed by atoms with Gasteiger partial charge in [0, 0.05) is 37.4 Å². The number of likely N-dealkylation sites (N-methyl/N-ethyl adjacent to an activating group) is 1. The summed E-state index contributed by atoms with van der Waals surface area (Å²) < 4.78 is 5.54. The minimum atomic E-state index is 0.130. The van der Waals surface area contributed by atoms with Gasteiger partial charge in [0.25, 0.3) is 5.91 Å². The molecule has 0 radical (unpaired) electrons. The molecule has 1 aromatic rings. The highest BCUT2D eigenvalue weighted by Gasteiger charge is 2.20. The van der Waals surface area contributed by atoms with E-state index in [0.717, 1.165) is 56.8 Å². The number of rotatable bonds is 4. The number of nitrogens with one attached hydrogen (secondary N) is 1. The zero-order valence-electron chi connectivity index (χ0n) is 13.7. The molecule has 5 heteroatoms. The minimum absolute atomic E-state index is 0.130. The van der Waals surface area contributed by atoms with Gasteiger partial charge in [-0.3, -0.25) is 4.79 Å².